The summed E-state index contributed by atoms with van der Waals surface area (Å²) < 4.78 is 14.2. The van der Waals surface area contributed by atoms with Gasteiger partial charge in [-0.2, -0.15) is 0 Å². The highest BCUT2D eigenvalue weighted by Crippen LogP contribution is 2.33. The molecule has 0 aliphatic heterocycles. The third-order valence-corrected chi connectivity index (χ3v) is 5.93. The van der Waals surface area contributed by atoms with Gasteiger partial charge in [-0.1, -0.05) is 84.9 Å². The van der Waals surface area contributed by atoms with Crippen molar-refractivity contribution < 1.29 is 9.47 Å². The molecule has 0 aliphatic carbocycles. The van der Waals surface area contributed by atoms with E-state index < -0.39 is 0 Å². The minimum atomic E-state index is 0.0190. The highest BCUT2D eigenvalue weighted by atomic mass is 16.5. The molecular formula is C30H28N2O2. The summed E-state index contributed by atoms with van der Waals surface area (Å²) in [7, 11) is 0. The van der Waals surface area contributed by atoms with Gasteiger partial charge in [0.1, 0.15) is 12.4 Å². The molecule has 0 radical (unpaired) electrons. The lowest BCUT2D eigenvalue weighted by Crippen LogP contribution is -2.16. The van der Waals surface area contributed by atoms with Crippen molar-refractivity contribution in [2.45, 2.75) is 19.4 Å². The number of hydrogen-bond acceptors (Lipinski definition) is 3. The number of aromatic nitrogens is 2. The van der Waals surface area contributed by atoms with E-state index in [4.69, 9.17) is 14.5 Å². The van der Waals surface area contributed by atoms with E-state index in [1.807, 2.05) is 37.3 Å². The summed E-state index contributed by atoms with van der Waals surface area (Å²) >= 11 is 0. The van der Waals surface area contributed by atoms with E-state index in [-0.39, 0.29) is 5.92 Å². The molecule has 4 nitrogen and oxygen atoms in total. The molecule has 0 amide bonds. The zero-order valence-corrected chi connectivity index (χ0v) is 19.3. The van der Waals surface area contributed by atoms with E-state index in [2.05, 4.69) is 83.4 Å². The largest absolute Gasteiger partial charge is 0.490 e. The molecule has 0 unspecified atom stereocenters. The predicted molar refractivity (Wildman–Crippen MR) is 137 cm³/mol. The van der Waals surface area contributed by atoms with Crippen molar-refractivity contribution in [3.05, 3.63) is 126 Å². The van der Waals surface area contributed by atoms with Crippen LogP contribution in [0.1, 0.15) is 29.8 Å². The smallest absolute Gasteiger partial charge is 0.161 e. The van der Waals surface area contributed by atoms with Gasteiger partial charge in [0.2, 0.25) is 0 Å². The van der Waals surface area contributed by atoms with E-state index in [1.165, 1.54) is 11.1 Å². The van der Waals surface area contributed by atoms with Crippen LogP contribution < -0.4 is 9.47 Å². The van der Waals surface area contributed by atoms with E-state index in [1.54, 1.807) is 0 Å². The Hall–Kier alpha value is -4.05. The standard InChI is InChI=1S/C30H28N2O2/c1-2-33-27-19-11-12-20-28(27)34-22-21-32-26-18-10-9-17-25(26)31-30(32)29(23-13-5-3-6-14-23)24-15-7-4-8-16-24/h3-20,29H,2,21-22H2,1H3. The Morgan fingerprint density at radius 2 is 1.24 bits per heavy atom. The van der Waals surface area contributed by atoms with Crippen molar-refractivity contribution in [1.29, 1.82) is 0 Å². The molecule has 0 aliphatic rings. The van der Waals surface area contributed by atoms with Gasteiger partial charge in [-0.3, -0.25) is 0 Å². The fourth-order valence-electron chi connectivity index (χ4n) is 4.42. The van der Waals surface area contributed by atoms with Crippen LogP contribution in [0.2, 0.25) is 0 Å². The highest BCUT2D eigenvalue weighted by Gasteiger charge is 2.23. The van der Waals surface area contributed by atoms with Crippen LogP contribution in [0.3, 0.4) is 0 Å². The lowest BCUT2D eigenvalue weighted by molar-refractivity contribution is 0.266. The summed E-state index contributed by atoms with van der Waals surface area (Å²) in [4.78, 5) is 5.12. The summed E-state index contributed by atoms with van der Waals surface area (Å²) in [6.45, 7) is 3.76. The van der Waals surface area contributed by atoms with Crippen LogP contribution in [0.5, 0.6) is 11.5 Å². The van der Waals surface area contributed by atoms with E-state index in [0.29, 0.717) is 19.8 Å². The fraction of sp³-hybridized carbons (Fsp3) is 0.167. The summed E-state index contributed by atoms with van der Waals surface area (Å²) in [5, 5.41) is 0. The minimum Gasteiger partial charge on any atom is -0.490 e. The number of benzene rings is 4. The van der Waals surface area contributed by atoms with Crippen LogP contribution in [0.4, 0.5) is 0 Å². The molecule has 5 rings (SSSR count). The molecular weight excluding hydrogens is 420 g/mol. The molecule has 1 heterocycles. The second-order valence-electron chi connectivity index (χ2n) is 8.09. The monoisotopic (exact) mass is 448 g/mol. The second-order valence-corrected chi connectivity index (χ2v) is 8.09. The number of fused-ring (bicyclic) bond motifs is 1. The Kier molecular flexibility index (Phi) is 6.57. The summed E-state index contributed by atoms with van der Waals surface area (Å²) in [6, 6.07) is 37.3. The van der Waals surface area contributed by atoms with Crippen LogP contribution in [0, 0.1) is 0 Å². The molecule has 0 spiro atoms. The number of rotatable bonds is 9. The summed E-state index contributed by atoms with van der Waals surface area (Å²) in [5.74, 6) is 2.57. The first-order valence-corrected chi connectivity index (χ1v) is 11.7. The molecule has 4 aromatic carbocycles. The van der Waals surface area contributed by atoms with E-state index in [0.717, 1.165) is 28.4 Å². The van der Waals surface area contributed by atoms with Gasteiger partial charge in [0, 0.05) is 0 Å². The van der Waals surface area contributed by atoms with Gasteiger partial charge in [0.05, 0.1) is 30.1 Å². The van der Waals surface area contributed by atoms with Crippen molar-refractivity contribution >= 4 is 11.0 Å². The van der Waals surface area contributed by atoms with Crippen molar-refractivity contribution in [3.63, 3.8) is 0 Å². The fourth-order valence-corrected chi connectivity index (χ4v) is 4.42. The Morgan fingerprint density at radius 3 is 1.88 bits per heavy atom. The molecule has 170 valence electrons. The van der Waals surface area contributed by atoms with Crippen LogP contribution in [-0.4, -0.2) is 22.8 Å². The molecule has 0 N–H and O–H groups in total. The Bertz CT molecular complexity index is 1310. The first-order valence-electron chi connectivity index (χ1n) is 11.7. The second kappa shape index (κ2) is 10.3. The number of imidazole rings is 1. The molecule has 0 bridgehead atoms. The van der Waals surface area contributed by atoms with Crippen LogP contribution in [-0.2, 0) is 6.54 Å². The normalized spacial score (nSPS) is 11.1. The lowest BCUT2D eigenvalue weighted by atomic mass is 9.90. The van der Waals surface area contributed by atoms with Crippen LogP contribution in [0.15, 0.2) is 109 Å². The van der Waals surface area contributed by atoms with Gasteiger partial charge in [-0.05, 0) is 42.3 Å². The van der Waals surface area contributed by atoms with Crippen LogP contribution >= 0.6 is 0 Å². The van der Waals surface area contributed by atoms with Gasteiger partial charge in [0.15, 0.2) is 11.5 Å². The molecule has 1 aromatic heterocycles. The average Bonchev–Trinajstić information content (AvgIpc) is 3.25. The number of ether oxygens (including phenoxy) is 2. The van der Waals surface area contributed by atoms with Gasteiger partial charge >= 0.3 is 0 Å². The predicted octanol–water partition coefficient (Wildman–Crippen LogP) is 6.69. The number of para-hydroxylation sites is 4. The molecule has 0 saturated carbocycles. The maximum Gasteiger partial charge on any atom is 0.161 e. The summed E-state index contributed by atoms with van der Waals surface area (Å²) in [5.41, 5.74) is 4.53. The Labute approximate surface area is 200 Å². The number of nitrogens with zero attached hydrogens (tertiary/aromatic N) is 2. The van der Waals surface area contributed by atoms with Crippen LogP contribution in [0.25, 0.3) is 11.0 Å². The average molecular weight is 449 g/mol. The molecule has 0 fully saturated rings. The van der Waals surface area contributed by atoms with Crippen molar-refractivity contribution in [2.75, 3.05) is 13.2 Å². The topological polar surface area (TPSA) is 36.3 Å². The first kappa shape index (κ1) is 21.8. The Balaban J connectivity index is 1.53. The zero-order valence-electron chi connectivity index (χ0n) is 19.3. The zero-order chi connectivity index (χ0) is 23.2. The minimum absolute atomic E-state index is 0.0190. The number of hydrogen-bond donors (Lipinski definition) is 0. The molecule has 4 heteroatoms. The molecule has 5 aromatic rings. The van der Waals surface area contributed by atoms with Gasteiger partial charge < -0.3 is 14.0 Å². The molecule has 34 heavy (non-hydrogen) atoms. The van der Waals surface area contributed by atoms with Crippen molar-refractivity contribution in [2.24, 2.45) is 0 Å². The maximum atomic E-state index is 6.18. The highest BCUT2D eigenvalue weighted by molar-refractivity contribution is 5.76. The first-order chi connectivity index (χ1) is 16.8. The maximum absolute atomic E-state index is 6.18. The third-order valence-electron chi connectivity index (χ3n) is 5.93. The molecule has 0 saturated heterocycles. The summed E-state index contributed by atoms with van der Waals surface area (Å²) in [6.07, 6.45) is 0. The van der Waals surface area contributed by atoms with Crippen molar-refractivity contribution in [3.8, 4) is 11.5 Å². The lowest BCUT2D eigenvalue weighted by Gasteiger charge is -2.20. The van der Waals surface area contributed by atoms with Gasteiger partial charge in [0.25, 0.3) is 0 Å². The quantitative estimate of drug-likeness (QED) is 0.252. The van der Waals surface area contributed by atoms with Gasteiger partial charge in [-0.25, -0.2) is 4.98 Å². The SMILES string of the molecule is CCOc1ccccc1OCCn1c(C(c2ccccc2)c2ccccc2)nc2ccccc21. The van der Waals surface area contributed by atoms with E-state index >= 15 is 0 Å². The third kappa shape index (κ3) is 4.53. The van der Waals surface area contributed by atoms with Gasteiger partial charge in [-0.15, -0.1) is 0 Å². The Morgan fingerprint density at radius 1 is 0.676 bits per heavy atom. The van der Waals surface area contributed by atoms with Crippen molar-refractivity contribution in [1.82, 2.24) is 9.55 Å². The molecule has 0 atom stereocenters. The van der Waals surface area contributed by atoms with E-state index in [9.17, 15) is 0 Å².